The van der Waals surface area contributed by atoms with E-state index >= 15 is 0 Å². The third kappa shape index (κ3) is 3.29. The molecule has 0 atom stereocenters. The number of amides is 1. The highest BCUT2D eigenvalue weighted by atomic mass is 16.5. The Morgan fingerprint density at radius 3 is 2.60 bits per heavy atom. The second-order valence-corrected chi connectivity index (χ2v) is 7.78. The number of hydrogen-bond donors (Lipinski definition) is 3. The first-order valence-electron chi connectivity index (χ1n) is 9.40. The van der Waals surface area contributed by atoms with Crippen molar-refractivity contribution in [1.29, 1.82) is 0 Å². The van der Waals surface area contributed by atoms with Crippen molar-refractivity contribution in [3.63, 3.8) is 0 Å². The lowest BCUT2D eigenvalue weighted by molar-refractivity contribution is 0.00176. The highest BCUT2D eigenvalue weighted by molar-refractivity contribution is 5.97. The molecule has 4 N–H and O–H groups in total. The zero-order valence-electron chi connectivity index (χ0n) is 14.8. The van der Waals surface area contributed by atoms with Crippen LogP contribution in [0.4, 0.5) is 11.8 Å². The molecule has 1 aromatic heterocycles. The number of hydrogen-bond acceptors (Lipinski definition) is 6. The highest BCUT2D eigenvalue weighted by Crippen LogP contribution is 2.58. The van der Waals surface area contributed by atoms with Gasteiger partial charge in [0.1, 0.15) is 5.82 Å². The van der Waals surface area contributed by atoms with E-state index in [9.17, 15) is 4.79 Å². The Morgan fingerprint density at radius 1 is 1.32 bits per heavy atom. The summed E-state index contributed by atoms with van der Waals surface area (Å²) in [5.74, 6) is 1.51. The minimum Gasteiger partial charge on any atom is -0.379 e. The summed E-state index contributed by atoms with van der Waals surface area (Å²) in [6.45, 7) is 2.82. The van der Waals surface area contributed by atoms with Gasteiger partial charge < -0.3 is 21.1 Å². The maximum absolute atomic E-state index is 11.7. The van der Waals surface area contributed by atoms with E-state index in [1.807, 2.05) is 6.92 Å². The van der Waals surface area contributed by atoms with E-state index in [0.717, 1.165) is 38.2 Å². The number of anilines is 2. The molecular weight excluding hydrogens is 318 g/mol. The SMILES string of the molecule is CCOC1CCC(Nc2ncc(C(N)=O)c(NC34CC(C3)C4)n2)CC1. The van der Waals surface area contributed by atoms with Crippen molar-refractivity contribution in [2.45, 2.75) is 69.6 Å². The summed E-state index contributed by atoms with van der Waals surface area (Å²) < 4.78 is 5.70. The molecule has 7 nitrogen and oxygen atoms in total. The predicted molar refractivity (Wildman–Crippen MR) is 95.5 cm³/mol. The fourth-order valence-electron chi connectivity index (χ4n) is 4.40. The van der Waals surface area contributed by atoms with Gasteiger partial charge in [-0.1, -0.05) is 0 Å². The second kappa shape index (κ2) is 6.44. The summed E-state index contributed by atoms with van der Waals surface area (Å²) in [5.41, 5.74) is 6.00. The molecule has 25 heavy (non-hydrogen) atoms. The molecule has 4 saturated carbocycles. The van der Waals surface area contributed by atoms with Gasteiger partial charge in [0.25, 0.3) is 5.91 Å². The number of primary amides is 1. The minimum absolute atomic E-state index is 0.135. The van der Waals surface area contributed by atoms with Crippen molar-refractivity contribution in [1.82, 2.24) is 9.97 Å². The van der Waals surface area contributed by atoms with Crippen LogP contribution in [0.5, 0.6) is 0 Å². The number of carbonyl (C=O) groups excluding carboxylic acids is 1. The average Bonchev–Trinajstić information content (AvgIpc) is 2.52. The standard InChI is InChI=1S/C18H27N5O2/c1-2-25-13-5-3-12(4-6-13)21-17-20-10-14(15(19)24)16(22-17)23-18-7-11(8-18)9-18/h10-13H,2-9H2,1H3,(H2,19,24)(H2,20,21,22,23). The van der Waals surface area contributed by atoms with Crippen LogP contribution in [0, 0.1) is 5.92 Å². The van der Waals surface area contributed by atoms with Crippen molar-refractivity contribution in [3.8, 4) is 0 Å². The summed E-state index contributed by atoms with van der Waals surface area (Å²) in [4.78, 5) is 20.6. The quantitative estimate of drug-likeness (QED) is 0.701. The largest absolute Gasteiger partial charge is 0.379 e. The van der Waals surface area contributed by atoms with Gasteiger partial charge in [0.2, 0.25) is 5.95 Å². The van der Waals surface area contributed by atoms with E-state index in [1.54, 1.807) is 0 Å². The Morgan fingerprint density at radius 2 is 2.04 bits per heavy atom. The monoisotopic (exact) mass is 345 g/mol. The smallest absolute Gasteiger partial charge is 0.254 e. The lowest BCUT2D eigenvalue weighted by Crippen LogP contribution is -2.63. The fourth-order valence-corrected chi connectivity index (χ4v) is 4.40. The first-order valence-corrected chi connectivity index (χ1v) is 9.40. The number of aromatic nitrogens is 2. The Bertz CT molecular complexity index is 640. The lowest BCUT2D eigenvalue weighted by atomic mass is 9.50. The van der Waals surface area contributed by atoms with Crippen LogP contribution < -0.4 is 16.4 Å². The zero-order chi connectivity index (χ0) is 17.4. The van der Waals surface area contributed by atoms with Crippen molar-refractivity contribution in [2.75, 3.05) is 17.2 Å². The van der Waals surface area contributed by atoms with Crippen LogP contribution in [-0.4, -0.2) is 40.2 Å². The Balaban J connectivity index is 1.42. The molecule has 0 spiro atoms. The molecule has 0 radical (unpaired) electrons. The number of nitrogens with zero attached hydrogens (tertiary/aromatic N) is 2. The molecular formula is C18H27N5O2. The van der Waals surface area contributed by atoms with Gasteiger partial charge in [0.15, 0.2) is 0 Å². The normalized spacial score (nSPS) is 33.1. The molecule has 0 aromatic carbocycles. The molecule has 1 amide bonds. The van der Waals surface area contributed by atoms with Crippen molar-refractivity contribution >= 4 is 17.7 Å². The Kier molecular flexibility index (Phi) is 4.27. The highest BCUT2D eigenvalue weighted by Gasteiger charge is 2.57. The third-order valence-electron chi connectivity index (χ3n) is 5.89. The van der Waals surface area contributed by atoms with Gasteiger partial charge in [0.05, 0.1) is 11.7 Å². The summed E-state index contributed by atoms with van der Waals surface area (Å²) >= 11 is 0. The summed E-state index contributed by atoms with van der Waals surface area (Å²) in [7, 11) is 0. The van der Waals surface area contributed by atoms with Crippen LogP contribution in [0.2, 0.25) is 0 Å². The average molecular weight is 345 g/mol. The van der Waals surface area contributed by atoms with Crippen molar-refractivity contribution in [3.05, 3.63) is 11.8 Å². The van der Waals surface area contributed by atoms with Gasteiger partial charge in [-0.15, -0.1) is 0 Å². The number of nitrogens with one attached hydrogen (secondary N) is 2. The number of ether oxygens (including phenoxy) is 1. The van der Waals surface area contributed by atoms with Gasteiger partial charge in [-0.05, 0) is 57.8 Å². The molecule has 0 unspecified atom stereocenters. The van der Waals surface area contributed by atoms with Crippen LogP contribution in [0.15, 0.2) is 6.20 Å². The lowest BCUT2D eigenvalue weighted by Gasteiger charge is -2.62. The molecule has 7 heteroatoms. The van der Waals surface area contributed by atoms with E-state index in [1.165, 1.54) is 25.5 Å². The summed E-state index contributed by atoms with van der Waals surface area (Å²) in [5, 5.41) is 6.87. The molecule has 1 aromatic rings. The molecule has 136 valence electrons. The van der Waals surface area contributed by atoms with Crippen LogP contribution in [0.3, 0.4) is 0 Å². The van der Waals surface area contributed by atoms with E-state index in [4.69, 9.17) is 10.5 Å². The Hall–Kier alpha value is -1.89. The van der Waals surface area contributed by atoms with Gasteiger partial charge in [0, 0.05) is 24.4 Å². The number of rotatable bonds is 7. The summed E-state index contributed by atoms with van der Waals surface area (Å²) in [6, 6.07) is 0.346. The van der Waals surface area contributed by atoms with Crippen molar-refractivity contribution in [2.24, 2.45) is 11.7 Å². The van der Waals surface area contributed by atoms with E-state index in [2.05, 4.69) is 20.6 Å². The van der Waals surface area contributed by atoms with Crippen LogP contribution in [0.1, 0.15) is 62.2 Å². The van der Waals surface area contributed by atoms with Gasteiger partial charge in [-0.3, -0.25) is 4.79 Å². The molecule has 4 fully saturated rings. The van der Waals surface area contributed by atoms with E-state index in [0.29, 0.717) is 29.5 Å². The topological polar surface area (TPSA) is 102 Å². The summed E-state index contributed by atoms with van der Waals surface area (Å²) in [6.07, 6.45) is 9.61. The minimum atomic E-state index is -0.488. The van der Waals surface area contributed by atoms with E-state index < -0.39 is 5.91 Å². The predicted octanol–water partition coefficient (Wildman–Crippen LogP) is 2.30. The maximum Gasteiger partial charge on any atom is 0.254 e. The van der Waals surface area contributed by atoms with Gasteiger partial charge in [-0.2, -0.15) is 4.98 Å². The van der Waals surface area contributed by atoms with Gasteiger partial charge >= 0.3 is 0 Å². The molecule has 0 saturated heterocycles. The Labute approximate surface area is 148 Å². The van der Waals surface area contributed by atoms with E-state index in [-0.39, 0.29) is 5.54 Å². The third-order valence-corrected chi connectivity index (χ3v) is 5.89. The molecule has 2 bridgehead atoms. The van der Waals surface area contributed by atoms with Crippen LogP contribution >= 0.6 is 0 Å². The molecule has 4 aliphatic rings. The van der Waals surface area contributed by atoms with Crippen LogP contribution in [0.25, 0.3) is 0 Å². The first-order chi connectivity index (χ1) is 12.1. The molecule has 1 heterocycles. The zero-order valence-corrected chi connectivity index (χ0v) is 14.8. The second-order valence-electron chi connectivity index (χ2n) is 7.78. The molecule has 0 aliphatic heterocycles. The van der Waals surface area contributed by atoms with Crippen LogP contribution in [-0.2, 0) is 4.74 Å². The fraction of sp³-hybridized carbons (Fsp3) is 0.722. The van der Waals surface area contributed by atoms with Gasteiger partial charge in [-0.25, -0.2) is 4.98 Å². The first kappa shape index (κ1) is 16.6. The molecule has 4 aliphatic carbocycles. The van der Waals surface area contributed by atoms with Crippen molar-refractivity contribution < 1.29 is 9.53 Å². The maximum atomic E-state index is 11.7. The number of nitrogens with two attached hydrogens (primary N) is 1. The number of carbonyl (C=O) groups is 1. The molecule has 5 rings (SSSR count).